The molecule has 2 aromatic carbocycles. The molecule has 3 rings (SSSR count). The Morgan fingerprint density at radius 2 is 1.72 bits per heavy atom. The van der Waals surface area contributed by atoms with Gasteiger partial charge in [-0.3, -0.25) is 5.43 Å². The molecule has 5 nitrogen and oxygen atoms in total. The Hall–Kier alpha value is -3.20. The summed E-state index contributed by atoms with van der Waals surface area (Å²) < 4.78 is 41.0. The van der Waals surface area contributed by atoms with E-state index in [-0.39, 0.29) is 10.8 Å². The fourth-order valence-corrected chi connectivity index (χ4v) is 2.97. The maximum atomic E-state index is 13.1. The van der Waals surface area contributed by atoms with Crippen LogP contribution in [-0.4, -0.2) is 21.1 Å². The molecule has 0 amide bonds. The minimum absolute atomic E-state index is 0.0521. The summed E-state index contributed by atoms with van der Waals surface area (Å²) in [6.45, 7) is 3.76. The average molecular weight is 417 g/mol. The predicted octanol–water partition coefficient (Wildman–Crippen LogP) is 4.83. The zero-order chi connectivity index (χ0) is 21.0. The van der Waals surface area contributed by atoms with E-state index in [4.69, 9.17) is 12.2 Å². The molecule has 0 radical (unpaired) electrons. The van der Waals surface area contributed by atoms with E-state index in [1.54, 1.807) is 10.9 Å². The van der Waals surface area contributed by atoms with E-state index in [1.807, 2.05) is 44.2 Å². The van der Waals surface area contributed by atoms with Crippen LogP contribution in [0.15, 0.2) is 59.7 Å². The third-order valence-electron chi connectivity index (χ3n) is 4.19. The quantitative estimate of drug-likeness (QED) is 0.363. The van der Waals surface area contributed by atoms with E-state index in [1.165, 1.54) is 18.2 Å². The Labute approximate surface area is 171 Å². The number of aromatic nitrogens is 2. The fourth-order valence-electron chi connectivity index (χ4n) is 2.81. The van der Waals surface area contributed by atoms with Crippen molar-refractivity contribution in [1.82, 2.24) is 15.2 Å². The van der Waals surface area contributed by atoms with Gasteiger partial charge in [0.25, 0.3) is 0 Å². The van der Waals surface area contributed by atoms with Gasteiger partial charge in [0.05, 0.1) is 34.5 Å². The lowest BCUT2D eigenvalue weighted by atomic mass is 10.2. The van der Waals surface area contributed by atoms with Gasteiger partial charge in [0.15, 0.2) is 5.11 Å². The molecule has 29 heavy (non-hydrogen) atoms. The standard InChI is InChI=1S/C20H18F3N5S/c1-13-16(14(2)28(27-13)15-8-4-3-5-9-15)12-24-26-19(29)25-18-11-7-6-10-17(18)20(21,22)23/h3-12H,1-2H3,(H2,25,26,29)/b24-12-. The molecule has 3 aromatic rings. The van der Waals surface area contributed by atoms with Gasteiger partial charge in [0.2, 0.25) is 0 Å². The first-order valence-electron chi connectivity index (χ1n) is 8.65. The number of nitrogens with one attached hydrogen (secondary N) is 2. The molecule has 0 aliphatic heterocycles. The van der Waals surface area contributed by atoms with Crippen LogP contribution < -0.4 is 10.7 Å². The lowest BCUT2D eigenvalue weighted by Gasteiger charge is -2.14. The van der Waals surface area contributed by atoms with Crippen molar-refractivity contribution in [2.45, 2.75) is 20.0 Å². The number of para-hydroxylation sites is 2. The summed E-state index contributed by atoms with van der Waals surface area (Å²) in [7, 11) is 0. The second-order valence-electron chi connectivity index (χ2n) is 6.20. The highest BCUT2D eigenvalue weighted by Crippen LogP contribution is 2.34. The molecule has 0 spiro atoms. The van der Waals surface area contributed by atoms with E-state index < -0.39 is 11.7 Å². The molecule has 0 bridgehead atoms. The van der Waals surface area contributed by atoms with Crippen molar-refractivity contribution in [2.24, 2.45) is 5.10 Å². The van der Waals surface area contributed by atoms with Gasteiger partial charge >= 0.3 is 6.18 Å². The van der Waals surface area contributed by atoms with Crippen LogP contribution >= 0.6 is 12.2 Å². The van der Waals surface area contributed by atoms with E-state index in [2.05, 4.69) is 20.9 Å². The molecule has 9 heteroatoms. The summed E-state index contributed by atoms with van der Waals surface area (Å²) >= 11 is 5.06. The molecule has 0 aliphatic rings. The molecular weight excluding hydrogens is 399 g/mol. The van der Waals surface area contributed by atoms with Crippen LogP contribution in [0.1, 0.15) is 22.5 Å². The van der Waals surface area contributed by atoms with Crippen molar-refractivity contribution >= 4 is 29.2 Å². The molecule has 2 N–H and O–H groups in total. The highest BCUT2D eigenvalue weighted by Gasteiger charge is 2.33. The third kappa shape index (κ3) is 4.80. The van der Waals surface area contributed by atoms with Crippen molar-refractivity contribution in [3.63, 3.8) is 0 Å². The van der Waals surface area contributed by atoms with Crippen LogP contribution in [0.2, 0.25) is 0 Å². The van der Waals surface area contributed by atoms with E-state index in [0.717, 1.165) is 28.7 Å². The van der Waals surface area contributed by atoms with E-state index in [0.29, 0.717) is 0 Å². The van der Waals surface area contributed by atoms with Gasteiger partial charge in [0.1, 0.15) is 0 Å². The number of hydrogen-bond donors (Lipinski definition) is 2. The molecule has 0 saturated heterocycles. The maximum Gasteiger partial charge on any atom is 0.418 e. The number of hydrazone groups is 1. The van der Waals surface area contributed by atoms with Gasteiger partial charge < -0.3 is 5.32 Å². The summed E-state index contributed by atoms with van der Waals surface area (Å²) in [5.41, 5.74) is 4.95. The maximum absolute atomic E-state index is 13.1. The second-order valence-corrected chi connectivity index (χ2v) is 6.61. The zero-order valence-corrected chi connectivity index (χ0v) is 16.5. The van der Waals surface area contributed by atoms with Crippen LogP contribution in [0.5, 0.6) is 0 Å². The molecular formula is C20H18F3N5S. The van der Waals surface area contributed by atoms with Crippen molar-refractivity contribution in [3.8, 4) is 5.69 Å². The van der Waals surface area contributed by atoms with Gasteiger partial charge in [-0.15, -0.1) is 0 Å². The largest absolute Gasteiger partial charge is 0.418 e. The molecule has 0 unspecified atom stereocenters. The topological polar surface area (TPSA) is 54.2 Å². The predicted molar refractivity (Wildman–Crippen MR) is 111 cm³/mol. The van der Waals surface area contributed by atoms with Gasteiger partial charge in [-0.05, 0) is 50.3 Å². The fraction of sp³-hybridized carbons (Fsp3) is 0.150. The summed E-state index contributed by atoms with van der Waals surface area (Å²) in [6.07, 6.45) is -2.94. The lowest BCUT2D eigenvalue weighted by molar-refractivity contribution is -0.136. The minimum Gasteiger partial charge on any atom is -0.331 e. The van der Waals surface area contributed by atoms with Gasteiger partial charge in [-0.1, -0.05) is 30.3 Å². The molecule has 0 saturated carbocycles. The summed E-state index contributed by atoms with van der Waals surface area (Å²) in [6, 6.07) is 14.7. The normalized spacial score (nSPS) is 11.6. The molecule has 1 aromatic heterocycles. The number of rotatable bonds is 4. The number of hydrogen-bond acceptors (Lipinski definition) is 3. The number of nitrogens with zero attached hydrogens (tertiary/aromatic N) is 3. The highest BCUT2D eigenvalue weighted by atomic mass is 32.1. The Bertz CT molecular complexity index is 1040. The van der Waals surface area contributed by atoms with Crippen molar-refractivity contribution < 1.29 is 13.2 Å². The van der Waals surface area contributed by atoms with Gasteiger partial charge in [0, 0.05) is 5.56 Å². The summed E-state index contributed by atoms with van der Waals surface area (Å²) in [5, 5.41) is 11.0. The van der Waals surface area contributed by atoms with Crippen LogP contribution in [0.4, 0.5) is 18.9 Å². The molecule has 0 aliphatic carbocycles. The third-order valence-corrected chi connectivity index (χ3v) is 4.38. The number of benzene rings is 2. The smallest absolute Gasteiger partial charge is 0.331 e. The lowest BCUT2D eigenvalue weighted by Crippen LogP contribution is -2.25. The Kier molecular flexibility index (Phi) is 5.97. The van der Waals surface area contributed by atoms with Crippen LogP contribution in [-0.2, 0) is 6.18 Å². The van der Waals surface area contributed by atoms with Gasteiger partial charge in [-0.25, -0.2) is 4.68 Å². The van der Waals surface area contributed by atoms with Crippen LogP contribution in [0.3, 0.4) is 0 Å². The molecule has 150 valence electrons. The highest BCUT2D eigenvalue weighted by molar-refractivity contribution is 7.80. The molecule has 0 fully saturated rings. The number of halogens is 3. The first kappa shape index (κ1) is 20.5. The summed E-state index contributed by atoms with van der Waals surface area (Å²) in [4.78, 5) is 0. The number of anilines is 1. The Morgan fingerprint density at radius 3 is 2.41 bits per heavy atom. The van der Waals surface area contributed by atoms with Crippen molar-refractivity contribution in [1.29, 1.82) is 0 Å². The number of alkyl halides is 3. The SMILES string of the molecule is Cc1nn(-c2ccccc2)c(C)c1/C=N\NC(=S)Nc1ccccc1C(F)(F)F. The number of aryl methyl sites for hydroxylation is 1. The molecule has 0 atom stereocenters. The Balaban J connectivity index is 1.71. The van der Waals surface area contributed by atoms with Gasteiger partial charge in [-0.2, -0.15) is 23.4 Å². The zero-order valence-electron chi connectivity index (χ0n) is 15.7. The summed E-state index contributed by atoms with van der Waals surface area (Å²) in [5.74, 6) is 0. The first-order valence-corrected chi connectivity index (χ1v) is 9.06. The van der Waals surface area contributed by atoms with Crippen LogP contribution in [0, 0.1) is 13.8 Å². The van der Waals surface area contributed by atoms with E-state index in [9.17, 15) is 13.2 Å². The van der Waals surface area contributed by atoms with Crippen molar-refractivity contribution in [3.05, 3.63) is 77.1 Å². The minimum atomic E-state index is -4.48. The van der Waals surface area contributed by atoms with Crippen molar-refractivity contribution in [2.75, 3.05) is 5.32 Å². The first-order chi connectivity index (χ1) is 13.8. The van der Waals surface area contributed by atoms with Crippen LogP contribution in [0.25, 0.3) is 5.69 Å². The average Bonchev–Trinajstić information content (AvgIpc) is 2.96. The number of thiocarbonyl (C=S) groups is 1. The molecule has 1 heterocycles. The Morgan fingerprint density at radius 1 is 1.07 bits per heavy atom. The second kappa shape index (κ2) is 8.44. The van der Waals surface area contributed by atoms with E-state index >= 15 is 0 Å². The monoisotopic (exact) mass is 417 g/mol.